The maximum absolute atomic E-state index is 10.1. The maximum atomic E-state index is 10.1. The molecule has 0 amide bonds. The normalized spacial score (nSPS) is 11.3. The molecule has 21 heavy (non-hydrogen) atoms. The monoisotopic (exact) mass is 373 g/mol. The summed E-state index contributed by atoms with van der Waals surface area (Å²) in [6, 6.07) is 0. The van der Waals surface area contributed by atoms with Crippen molar-refractivity contribution in [1.29, 1.82) is 0 Å². The Morgan fingerprint density at radius 1 is 0.762 bits per heavy atom. The summed E-state index contributed by atoms with van der Waals surface area (Å²) in [5.41, 5.74) is 0. The summed E-state index contributed by atoms with van der Waals surface area (Å²) < 4.78 is 39.5. The van der Waals surface area contributed by atoms with Crippen LogP contribution in [0, 0.1) is 0 Å². The van der Waals surface area contributed by atoms with Crippen LogP contribution in [0.1, 0.15) is 71.1 Å². The largest absolute Gasteiger partial charge is 0.726 e. The first-order chi connectivity index (χ1) is 9.56. The predicted molar refractivity (Wildman–Crippen MR) is 78.3 cm³/mol. The molecule has 0 heterocycles. The van der Waals surface area contributed by atoms with Gasteiger partial charge in [0.2, 0.25) is 10.4 Å². The Hall–Kier alpha value is 0.453. The Bertz CT molecular complexity index is 296. The molecule has 0 radical (unpaired) electrons. The van der Waals surface area contributed by atoms with Crippen molar-refractivity contribution in [3.63, 3.8) is 0 Å². The zero-order valence-electron chi connectivity index (χ0n) is 13.3. The number of ether oxygens (including phenoxy) is 1. The van der Waals surface area contributed by atoms with Gasteiger partial charge >= 0.3 is 0 Å². The molecular weight excluding hydrogens is 346 g/mol. The zero-order valence-corrected chi connectivity index (χ0v) is 17.1. The molecule has 124 valence electrons. The van der Waals surface area contributed by atoms with Crippen molar-refractivity contribution in [2.45, 2.75) is 71.1 Å². The third kappa shape index (κ3) is 22.9. The third-order valence-electron chi connectivity index (χ3n) is 3.10. The predicted octanol–water partition coefficient (Wildman–Crippen LogP) is 3.40. The van der Waals surface area contributed by atoms with Gasteiger partial charge in [-0.15, -0.1) is 0 Å². The van der Waals surface area contributed by atoms with Crippen LogP contribution in [0.25, 0.3) is 0 Å². The Kier molecular flexibility index (Phi) is 19.0. The van der Waals surface area contributed by atoms with E-state index >= 15 is 0 Å². The number of unbranched alkanes of at least 4 members (excludes halogenated alkanes) is 9. The first kappa shape index (κ1) is 23.7. The molecule has 0 aliphatic rings. The second-order valence-electron chi connectivity index (χ2n) is 5.02. The van der Waals surface area contributed by atoms with E-state index in [1.165, 1.54) is 51.4 Å². The molecule has 0 aliphatic heterocycles. The van der Waals surface area contributed by atoms with Crippen LogP contribution in [0.4, 0.5) is 0 Å². The average molecular weight is 375 g/mol. The van der Waals surface area contributed by atoms with Crippen LogP contribution in [0.2, 0.25) is 0 Å². The molecule has 0 saturated heterocycles. The molecule has 0 N–H and O–H groups in total. The molecular formula is C14H29O5SZn-. The van der Waals surface area contributed by atoms with Crippen molar-refractivity contribution >= 4 is 10.4 Å². The molecule has 0 aromatic rings. The van der Waals surface area contributed by atoms with Gasteiger partial charge in [-0.25, -0.2) is 8.42 Å². The van der Waals surface area contributed by atoms with Gasteiger partial charge in [0.25, 0.3) is 0 Å². The molecule has 0 atom stereocenters. The fraction of sp³-hybridized carbons (Fsp3) is 1.00. The van der Waals surface area contributed by atoms with E-state index in [0.29, 0.717) is 6.61 Å². The van der Waals surface area contributed by atoms with Gasteiger partial charge in [-0.1, -0.05) is 64.7 Å². The van der Waals surface area contributed by atoms with Crippen LogP contribution in [-0.4, -0.2) is 32.8 Å². The van der Waals surface area contributed by atoms with Crippen LogP contribution in [-0.2, 0) is 38.8 Å². The van der Waals surface area contributed by atoms with Gasteiger partial charge in [-0.3, -0.25) is 4.18 Å². The van der Waals surface area contributed by atoms with Crippen molar-refractivity contribution in [2.24, 2.45) is 0 Å². The molecule has 0 rings (SSSR count). The smallest absolute Gasteiger partial charge is 0.217 e. The Labute approximate surface area is 142 Å². The van der Waals surface area contributed by atoms with E-state index in [4.69, 9.17) is 4.74 Å². The Balaban J connectivity index is 0. The summed E-state index contributed by atoms with van der Waals surface area (Å²) in [7, 11) is -4.57. The minimum Gasteiger partial charge on any atom is -0.726 e. The summed E-state index contributed by atoms with van der Waals surface area (Å²) in [6.07, 6.45) is 12.7. The van der Waals surface area contributed by atoms with Crippen LogP contribution in [0.5, 0.6) is 0 Å². The van der Waals surface area contributed by atoms with Crippen LogP contribution < -0.4 is 0 Å². The van der Waals surface area contributed by atoms with E-state index < -0.39 is 10.4 Å². The van der Waals surface area contributed by atoms with Gasteiger partial charge in [0, 0.05) is 26.1 Å². The summed E-state index contributed by atoms with van der Waals surface area (Å²) in [6.45, 7) is 2.79. The SMILES string of the molecule is CCCCCCCCCCCCOCCOS(=O)(=O)[O-].[Zn]. The fourth-order valence-corrected chi connectivity index (χ4v) is 2.26. The molecule has 7 heteroatoms. The number of hydrogen-bond donors (Lipinski definition) is 0. The van der Waals surface area contributed by atoms with Crippen molar-refractivity contribution in [1.82, 2.24) is 0 Å². The van der Waals surface area contributed by atoms with E-state index in [2.05, 4.69) is 11.1 Å². The van der Waals surface area contributed by atoms with E-state index in [1.54, 1.807) is 0 Å². The summed E-state index contributed by atoms with van der Waals surface area (Å²) in [4.78, 5) is 0. The minimum absolute atomic E-state index is 0. The number of hydrogen-bond acceptors (Lipinski definition) is 5. The van der Waals surface area contributed by atoms with Gasteiger partial charge in [0.1, 0.15) is 0 Å². The first-order valence-electron chi connectivity index (χ1n) is 7.74. The summed E-state index contributed by atoms with van der Waals surface area (Å²) in [5, 5.41) is 0. The van der Waals surface area contributed by atoms with Crippen LogP contribution in [0.3, 0.4) is 0 Å². The van der Waals surface area contributed by atoms with Crippen LogP contribution in [0.15, 0.2) is 0 Å². The molecule has 0 aromatic carbocycles. The molecule has 0 unspecified atom stereocenters. The van der Waals surface area contributed by atoms with Gasteiger partial charge in [0.05, 0.1) is 13.2 Å². The second-order valence-corrected chi connectivity index (χ2v) is 6.08. The van der Waals surface area contributed by atoms with Crippen molar-refractivity contribution < 1.29 is 41.4 Å². The van der Waals surface area contributed by atoms with Gasteiger partial charge in [-0.2, -0.15) is 0 Å². The Morgan fingerprint density at radius 3 is 1.71 bits per heavy atom. The third-order valence-corrected chi connectivity index (χ3v) is 3.55. The van der Waals surface area contributed by atoms with Crippen molar-refractivity contribution in [3.05, 3.63) is 0 Å². The standard InChI is InChI=1S/C14H30O5S.Zn/c1-2-3-4-5-6-7-8-9-10-11-12-18-13-14-19-20(15,16)17;/h2-14H2,1H3,(H,15,16,17);/p-1. The zero-order chi connectivity index (χ0) is 15.1. The maximum Gasteiger partial charge on any atom is 0.217 e. The number of rotatable bonds is 15. The quantitative estimate of drug-likeness (QED) is 0.190. The molecule has 5 nitrogen and oxygen atoms in total. The van der Waals surface area contributed by atoms with E-state index in [0.717, 1.165) is 12.8 Å². The van der Waals surface area contributed by atoms with Gasteiger partial charge in [-0.05, 0) is 6.42 Å². The molecule has 0 bridgehead atoms. The molecule has 0 saturated carbocycles. The summed E-state index contributed by atoms with van der Waals surface area (Å²) >= 11 is 0. The van der Waals surface area contributed by atoms with E-state index in [9.17, 15) is 13.0 Å². The van der Waals surface area contributed by atoms with Crippen molar-refractivity contribution in [2.75, 3.05) is 19.8 Å². The molecule has 0 aliphatic carbocycles. The second kappa shape index (κ2) is 16.8. The van der Waals surface area contributed by atoms with Gasteiger partial charge < -0.3 is 9.29 Å². The molecule has 0 spiro atoms. The van der Waals surface area contributed by atoms with Crippen LogP contribution >= 0.6 is 0 Å². The average Bonchev–Trinajstić information content (AvgIpc) is 2.38. The minimum atomic E-state index is -4.57. The topological polar surface area (TPSA) is 75.7 Å². The van der Waals surface area contributed by atoms with E-state index in [1.807, 2.05) is 0 Å². The van der Waals surface area contributed by atoms with Crippen molar-refractivity contribution in [3.8, 4) is 0 Å². The van der Waals surface area contributed by atoms with Gasteiger partial charge in [0.15, 0.2) is 0 Å². The van der Waals surface area contributed by atoms with E-state index in [-0.39, 0.29) is 32.7 Å². The molecule has 0 aromatic heterocycles. The Morgan fingerprint density at radius 2 is 1.24 bits per heavy atom. The fourth-order valence-electron chi connectivity index (χ4n) is 1.99. The molecule has 0 fully saturated rings. The summed E-state index contributed by atoms with van der Waals surface area (Å²) in [5.74, 6) is 0. The first-order valence-corrected chi connectivity index (χ1v) is 9.07.